The van der Waals surface area contributed by atoms with Crippen LogP contribution < -0.4 is 29.7 Å². The van der Waals surface area contributed by atoms with Gasteiger partial charge in [-0.25, -0.2) is 14.7 Å². The fourth-order valence-electron chi connectivity index (χ4n) is 4.76. The highest BCUT2D eigenvalue weighted by atomic mass is 19.4. The first kappa shape index (κ1) is 31.0. The normalized spacial score (nSPS) is 14.4. The Morgan fingerprint density at radius 1 is 0.756 bits per heavy atom. The van der Waals surface area contributed by atoms with Gasteiger partial charge in [-0.15, -0.1) is 13.2 Å². The quantitative estimate of drug-likeness (QED) is 0.179. The third-order valence-electron chi connectivity index (χ3n) is 7.10. The standard InChI is InChI=1S/C32H30F3N5O5/c1-31(2)29(41)40(23-9-15-26(16-10-23)45-32(33,34)35)30(42)39(31)19-20-17-27(36-21-5-11-24(43-3)12-6-21)38-28(18-20)37-22-7-13-25(44-4)14-8-22/h5-18H,19H2,1-4H3,(H2,36,37,38). The number of rotatable bonds is 10. The van der Waals surface area contributed by atoms with Crippen LogP contribution in [0.5, 0.6) is 17.2 Å². The van der Waals surface area contributed by atoms with Crippen molar-refractivity contribution >= 4 is 40.6 Å². The highest BCUT2D eigenvalue weighted by Gasteiger charge is 2.51. The maximum Gasteiger partial charge on any atom is 0.573 e. The minimum atomic E-state index is -4.87. The molecule has 3 aromatic carbocycles. The lowest BCUT2D eigenvalue weighted by molar-refractivity contribution is -0.274. The van der Waals surface area contributed by atoms with Crippen molar-refractivity contribution < 1.29 is 37.0 Å². The number of nitrogens with one attached hydrogen (secondary N) is 2. The minimum absolute atomic E-state index is 0.0282. The Kier molecular flexibility index (Phi) is 8.45. The second kappa shape index (κ2) is 12.3. The van der Waals surface area contributed by atoms with Crippen LogP contribution in [0.3, 0.4) is 0 Å². The summed E-state index contributed by atoms with van der Waals surface area (Å²) in [5.41, 5.74) is 0.991. The molecule has 45 heavy (non-hydrogen) atoms. The molecule has 0 spiro atoms. The van der Waals surface area contributed by atoms with Crippen LogP contribution in [0.1, 0.15) is 19.4 Å². The number of urea groups is 1. The van der Waals surface area contributed by atoms with Gasteiger partial charge in [0, 0.05) is 17.9 Å². The maximum atomic E-state index is 13.7. The number of benzene rings is 3. The predicted molar refractivity (Wildman–Crippen MR) is 162 cm³/mol. The second-order valence-electron chi connectivity index (χ2n) is 10.6. The van der Waals surface area contributed by atoms with E-state index >= 15 is 0 Å². The molecule has 2 heterocycles. The number of carbonyl (C=O) groups is 2. The van der Waals surface area contributed by atoms with Crippen molar-refractivity contribution in [3.63, 3.8) is 0 Å². The first-order chi connectivity index (χ1) is 21.4. The van der Waals surface area contributed by atoms with E-state index in [2.05, 4.69) is 15.4 Å². The molecule has 5 rings (SSSR count). The lowest BCUT2D eigenvalue weighted by Crippen LogP contribution is -2.43. The number of hydrogen-bond donors (Lipinski definition) is 2. The average molecular weight is 622 g/mol. The van der Waals surface area contributed by atoms with E-state index in [1.807, 2.05) is 24.3 Å². The van der Waals surface area contributed by atoms with Crippen LogP contribution in [0, 0.1) is 0 Å². The smallest absolute Gasteiger partial charge is 0.497 e. The molecule has 1 fully saturated rings. The zero-order valence-corrected chi connectivity index (χ0v) is 24.8. The van der Waals surface area contributed by atoms with E-state index in [4.69, 9.17) is 14.5 Å². The Hall–Kier alpha value is -5.46. The second-order valence-corrected chi connectivity index (χ2v) is 10.6. The lowest BCUT2D eigenvalue weighted by atomic mass is 10.0. The van der Waals surface area contributed by atoms with Crippen LogP contribution in [0.4, 0.5) is 46.7 Å². The number of carbonyl (C=O) groups excluding carboxylic acids is 2. The number of pyridine rings is 1. The molecule has 2 N–H and O–H groups in total. The molecule has 1 aromatic heterocycles. The van der Waals surface area contributed by atoms with Gasteiger partial charge in [0.05, 0.1) is 19.9 Å². The highest BCUT2D eigenvalue weighted by Crippen LogP contribution is 2.35. The van der Waals surface area contributed by atoms with Crippen molar-refractivity contribution in [1.82, 2.24) is 9.88 Å². The van der Waals surface area contributed by atoms with E-state index in [9.17, 15) is 22.8 Å². The van der Waals surface area contributed by atoms with Gasteiger partial charge in [0.2, 0.25) is 0 Å². The lowest BCUT2D eigenvalue weighted by Gasteiger charge is -2.28. The third-order valence-corrected chi connectivity index (χ3v) is 7.10. The van der Waals surface area contributed by atoms with Gasteiger partial charge < -0.3 is 29.7 Å². The molecule has 4 aromatic rings. The summed E-state index contributed by atoms with van der Waals surface area (Å²) in [4.78, 5) is 34.2. The fraction of sp³-hybridized carbons (Fsp3) is 0.219. The van der Waals surface area contributed by atoms with Crippen LogP contribution in [0.2, 0.25) is 0 Å². The van der Waals surface area contributed by atoms with Gasteiger partial charge in [-0.2, -0.15) is 0 Å². The van der Waals surface area contributed by atoms with Gasteiger partial charge in [0.1, 0.15) is 34.4 Å². The molecule has 0 saturated carbocycles. The first-order valence-electron chi connectivity index (χ1n) is 13.7. The van der Waals surface area contributed by atoms with Crippen molar-refractivity contribution in [2.24, 2.45) is 0 Å². The molecule has 234 valence electrons. The molecule has 0 radical (unpaired) electrons. The number of amides is 3. The van der Waals surface area contributed by atoms with Gasteiger partial charge in [-0.05, 0) is 104 Å². The molecular weight excluding hydrogens is 591 g/mol. The van der Waals surface area contributed by atoms with Crippen molar-refractivity contribution in [2.45, 2.75) is 32.3 Å². The van der Waals surface area contributed by atoms with E-state index in [1.165, 1.54) is 17.0 Å². The third kappa shape index (κ3) is 7.03. The summed E-state index contributed by atoms with van der Waals surface area (Å²) in [6, 6.07) is 22.0. The van der Waals surface area contributed by atoms with Gasteiger partial charge in [0.15, 0.2) is 0 Å². The molecule has 13 heteroatoms. The maximum absolute atomic E-state index is 13.7. The number of imide groups is 1. The van der Waals surface area contributed by atoms with Gasteiger partial charge >= 0.3 is 12.4 Å². The van der Waals surface area contributed by atoms with Gasteiger partial charge in [0.25, 0.3) is 5.91 Å². The Morgan fingerprint density at radius 3 is 1.67 bits per heavy atom. The number of methoxy groups -OCH3 is 2. The average Bonchev–Trinajstić information content (AvgIpc) is 3.16. The summed E-state index contributed by atoms with van der Waals surface area (Å²) in [5, 5.41) is 6.52. The molecule has 10 nitrogen and oxygen atoms in total. The number of anilines is 5. The number of aromatic nitrogens is 1. The summed E-state index contributed by atoms with van der Waals surface area (Å²) < 4.78 is 52.2. The van der Waals surface area contributed by atoms with Crippen LogP contribution in [0.25, 0.3) is 0 Å². The van der Waals surface area contributed by atoms with Crippen LogP contribution in [0.15, 0.2) is 84.9 Å². The van der Waals surface area contributed by atoms with E-state index in [-0.39, 0.29) is 12.2 Å². The van der Waals surface area contributed by atoms with E-state index in [0.29, 0.717) is 28.7 Å². The van der Waals surface area contributed by atoms with E-state index in [0.717, 1.165) is 28.4 Å². The molecule has 1 saturated heterocycles. The molecule has 1 aliphatic rings. The zero-order chi connectivity index (χ0) is 32.4. The first-order valence-corrected chi connectivity index (χ1v) is 13.7. The number of ether oxygens (including phenoxy) is 3. The van der Waals surface area contributed by atoms with Crippen molar-refractivity contribution in [3.8, 4) is 17.2 Å². The summed E-state index contributed by atoms with van der Waals surface area (Å²) in [7, 11) is 3.16. The number of halogens is 3. The Bertz CT molecular complexity index is 1610. The summed E-state index contributed by atoms with van der Waals surface area (Å²) in [5.74, 6) is 1.33. The Labute approximate surface area is 257 Å². The van der Waals surface area contributed by atoms with Crippen molar-refractivity contribution in [2.75, 3.05) is 29.8 Å². The zero-order valence-electron chi connectivity index (χ0n) is 24.8. The van der Waals surface area contributed by atoms with E-state index < -0.39 is 29.6 Å². The number of nitrogens with zero attached hydrogens (tertiary/aromatic N) is 3. The molecule has 0 atom stereocenters. The van der Waals surface area contributed by atoms with Crippen molar-refractivity contribution in [1.29, 1.82) is 0 Å². The predicted octanol–water partition coefficient (Wildman–Crippen LogP) is 7.23. The van der Waals surface area contributed by atoms with Crippen LogP contribution >= 0.6 is 0 Å². The molecule has 3 amide bonds. The summed E-state index contributed by atoms with van der Waals surface area (Å²) >= 11 is 0. The fourth-order valence-corrected chi connectivity index (χ4v) is 4.76. The molecule has 0 bridgehead atoms. The SMILES string of the molecule is COc1ccc(Nc2cc(CN3C(=O)N(c4ccc(OC(F)(F)F)cc4)C(=O)C3(C)C)cc(Nc3ccc(OC)cc3)n2)cc1. The largest absolute Gasteiger partial charge is 0.573 e. The molecule has 1 aliphatic heterocycles. The monoisotopic (exact) mass is 621 g/mol. The Balaban J connectivity index is 1.44. The van der Waals surface area contributed by atoms with E-state index in [1.54, 1.807) is 64.5 Å². The minimum Gasteiger partial charge on any atom is -0.497 e. The molecule has 0 aliphatic carbocycles. The van der Waals surface area contributed by atoms with Crippen molar-refractivity contribution in [3.05, 3.63) is 90.5 Å². The highest BCUT2D eigenvalue weighted by molar-refractivity contribution is 6.22. The topological polar surface area (TPSA) is 105 Å². The van der Waals surface area contributed by atoms with Crippen LogP contribution in [-0.4, -0.2) is 47.9 Å². The van der Waals surface area contributed by atoms with Gasteiger partial charge in [-0.1, -0.05) is 0 Å². The molecular formula is C32H30F3N5O5. The van der Waals surface area contributed by atoms with Crippen LogP contribution in [-0.2, 0) is 11.3 Å². The molecule has 0 unspecified atom stereocenters. The summed E-state index contributed by atoms with van der Waals surface area (Å²) in [6.07, 6.45) is -4.87. The number of hydrogen-bond acceptors (Lipinski definition) is 8. The summed E-state index contributed by atoms with van der Waals surface area (Å²) in [6.45, 7) is 3.26. The van der Waals surface area contributed by atoms with Gasteiger partial charge in [-0.3, -0.25) is 4.79 Å². The number of alkyl halides is 3. The Morgan fingerprint density at radius 2 is 1.22 bits per heavy atom.